The van der Waals surface area contributed by atoms with Crippen LogP contribution in [0, 0.1) is 6.92 Å². The van der Waals surface area contributed by atoms with Crippen molar-refractivity contribution in [2.75, 3.05) is 0 Å². The van der Waals surface area contributed by atoms with Crippen LogP contribution in [0.5, 0.6) is 0 Å². The van der Waals surface area contributed by atoms with Crippen LogP contribution in [0.25, 0.3) is 5.65 Å². The molecule has 0 aliphatic carbocycles. The largest absolute Gasteiger partial charge is 0.416 e. The van der Waals surface area contributed by atoms with Crippen LogP contribution in [-0.2, 0) is 12.7 Å². The van der Waals surface area contributed by atoms with Gasteiger partial charge in [0.15, 0.2) is 11.5 Å². The minimum Gasteiger partial charge on any atom is -0.344 e. The quantitative estimate of drug-likeness (QED) is 0.794. The highest BCUT2D eigenvalue weighted by atomic mass is 32.1. The molecule has 0 aromatic carbocycles. The zero-order chi connectivity index (χ0) is 16.6. The van der Waals surface area contributed by atoms with E-state index in [1.165, 1.54) is 21.9 Å². The number of carbonyl (C=O) groups is 1. The zero-order valence-corrected chi connectivity index (χ0v) is 12.6. The maximum absolute atomic E-state index is 12.7. The number of alkyl halides is 3. The van der Waals surface area contributed by atoms with Crippen molar-refractivity contribution in [1.29, 1.82) is 0 Å². The Balaban J connectivity index is 1.79. The highest BCUT2D eigenvalue weighted by Crippen LogP contribution is 2.29. The molecule has 6 nitrogen and oxygen atoms in total. The van der Waals surface area contributed by atoms with Gasteiger partial charge in [-0.15, -0.1) is 21.5 Å². The maximum Gasteiger partial charge on any atom is 0.416 e. The lowest BCUT2D eigenvalue weighted by molar-refractivity contribution is -0.137. The fraction of sp³-hybridized carbons (Fsp3) is 0.231. The third kappa shape index (κ3) is 3.02. The maximum atomic E-state index is 12.7. The van der Waals surface area contributed by atoms with Crippen LogP contribution in [0.4, 0.5) is 13.2 Å². The van der Waals surface area contributed by atoms with E-state index in [9.17, 15) is 18.0 Å². The Bertz CT molecular complexity index is 870. The van der Waals surface area contributed by atoms with E-state index in [2.05, 4.69) is 20.5 Å². The van der Waals surface area contributed by atoms with Crippen molar-refractivity contribution in [3.63, 3.8) is 0 Å². The summed E-state index contributed by atoms with van der Waals surface area (Å²) < 4.78 is 39.4. The number of pyridine rings is 1. The van der Waals surface area contributed by atoms with Gasteiger partial charge in [0.2, 0.25) is 0 Å². The molecule has 0 aliphatic heterocycles. The second kappa shape index (κ2) is 5.61. The molecule has 0 unspecified atom stereocenters. The van der Waals surface area contributed by atoms with Crippen LogP contribution in [0.1, 0.15) is 26.8 Å². The fourth-order valence-corrected chi connectivity index (χ4v) is 2.72. The molecular formula is C13H10F3N5OS. The number of nitrogens with zero attached hydrogens (tertiary/aromatic N) is 4. The van der Waals surface area contributed by atoms with Crippen LogP contribution in [0.2, 0.25) is 0 Å². The lowest BCUT2D eigenvalue weighted by atomic mass is 10.2. The molecule has 0 saturated heterocycles. The number of fused-ring (bicyclic) bond motifs is 1. The van der Waals surface area contributed by atoms with Gasteiger partial charge in [-0.1, -0.05) is 0 Å². The lowest BCUT2D eigenvalue weighted by Crippen LogP contribution is -2.23. The first-order valence-corrected chi connectivity index (χ1v) is 7.33. The van der Waals surface area contributed by atoms with E-state index < -0.39 is 11.7 Å². The van der Waals surface area contributed by atoms with Crippen LogP contribution in [0.15, 0.2) is 23.8 Å². The van der Waals surface area contributed by atoms with Crippen LogP contribution in [0.3, 0.4) is 0 Å². The lowest BCUT2D eigenvalue weighted by Gasteiger charge is -2.07. The Morgan fingerprint density at radius 2 is 2.17 bits per heavy atom. The average Bonchev–Trinajstić information content (AvgIpc) is 3.09. The van der Waals surface area contributed by atoms with E-state index in [0.29, 0.717) is 16.4 Å². The summed E-state index contributed by atoms with van der Waals surface area (Å²) in [7, 11) is 0. The van der Waals surface area contributed by atoms with Gasteiger partial charge in [0.25, 0.3) is 5.91 Å². The van der Waals surface area contributed by atoms with Gasteiger partial charge in [0.1, 0.15) is 4.88 Å². The zero-order valence-electron chi connectivity index (χ0n) is 11.8. The molecule has 3 rings (SSSR count). The first-order valence-electron chi connectivity index (χ1n) is 6.45. The van der Waals surface area contributed by atoms with Crippen LogP contribution < -0.4 is 5.32 Å². The standard InChI is InChI=1S/C13H10F3N5OS/c1-7-11(23-6-18-7)12(22)17-5-10-20-19-9-4-8(13(14,15)16)2-3-21(9)10/h2-4,6H,5H2,1H3,(H,17,22). The van der Waals surface area contributed by atoms with Crippen molar-refractivity contribution in [2.45, 2.75) is 19.6 Å². The van der Waals surface area contributed by atoms with E-state index in [1.54, 1.807) is 12.4 Å². The number of rotatable bonds is 3. The first kappa shape index (κ1) is 15.4. The molecule has 3 aromatic heterocycles. The molecule has 0 fully saturated rings. The smallest absolute Gasteiger partial charge is 0.344 e. The minimum absolute atomic E-state index is 0.0443. The highest BCUT2D eigenvalue weighted by molar-refractivity contribution is 7.11. The normalized spacial score (nSPS) is 11.8. The predicted octanol–water partition coefficient (Wildman–Crippen LogP) is 2.44. The second-order valence-electron chi connectivity index (χ2n) is 4.71. The van der Waals surface area contributed by atoms with Gasteiger partial charge < -0.3 is 5.32 Å². The summed E-state index contributed by atoms with van der Waals surface area (Å²) >= 11 is 1.21. The number of nitrogens with one attached hydrogen (secondary N) is 1. The average molecular weight is 341 g/mol. The molecule has 10 heteroatoms. The molecule has 1 amide bonds. The molecule has 0 atom stereocenters. The Hall–Kier alpha value is -2.49. The summed E-state index contributed by atoms with van der Waals surface area (Å²) in [6, 6.07) is 1.85. The van der Waals surface area contributed by atoms with Gasteiger partial charge in [-0.2, -0.15) is 13.2 Å². The van der Waals surface area contributed by atoms with Crippen molar-refractivity contribution < 1.29 is 18.0 Å². The van der Waals surface area contributed by atoms with E-state index in [1.807, 2.05) is 0 Å². The molecule has 0 saturated carbocycles. The Labute approximate surface area is 132 Å². The van der Waals surface area contributed by atoms with Gasteiger partial charge in [-0.3, -0.25) is 9.20 Å². The summed E-state index contributed by atoms with van der Waals surface area (Å²) in [5.74, 6) is 0.0258. The molecule has 0 radical (unpaired) electrons. The number of aryl methyl sites for hydroxylation is 1. The summed E-state index contributed by atoms with van der Waals surface area (Å²) in [4.78, 5) is 16.5. The SMILES string of the molecule is Cc1ncsc1C(=O)NCc1nnc2cc(C(F)(F)F)ccn12. The molecular weight excluding hydrogens is 331 g/mol. The summed E-state index contributed by atoms with van der Waals surface area (Å²) in [5, 5.41) is 10.2. The Kier molecular flexibility index (Phi) is 3.76. The monoisotopic (exact) mass is 341 g/mol. The van der Waals surface area contributed by atoms with Gasteiger partial charge in [0, 0.05) is 6.20 Å². The predicted molar refractivity (Wildman–Crippen MR) is 76.0 cm³/mol. The molecule has 3 aromatic rings. The van der Waals surface area contributed by atoms with E-state index in [0.717, 1.165) is 12.1 Å². The van der Waals surface area contributed by atoms with E-state index in [-0.39, 0.29) is 18.1 Å². The molecule has 3 heterocycles. The molecule has 1 N–H and O–H groups in total. The number of hydrogen-bond donors (Lipinski definition) is 1. The van der Waals surface area contributed by atoms with Crippen LogP contribution >= 0.6 is 11.3 Å². The van der Waals surface area contributed by atoms with Gasteiger partial charge >= 0.3 is 6.18 Å². The topological polar surface area (TPSA) is 72.2 Å². The first-order chi connectivity index (χ1) is 10.9. The Morgan fingerprint density at radius 3 is 2.83 bits per heavy atom. The number of thiazole rings is 1. The fourth-order valence-electron chi connectivity index (χ4n) is 2.00. The number of hydrogen-bond acceptors (Lipinski definition) is 5. The van der Waals surface area contributed by atoms with Gasteiger partial charge in [-0.05, 0) is 19.1 Å². The molecule has 0 spiro atoms. The van der Waals surface area contributed by atoms with Gasteiger partial charge in [0.05, 0.1) is 23.3 Å². The molecule has 0 aliphatic rings. The summed E-state index contributed by atoms with van der Waals surface area (Å²) in [6.45, 7) is 1.76. The van der Waals surface area contributed by atoms with Crippen molar-refractivity contribution >= 4 is 22.9 Å². The van der Waals surface area contributed by atoms with Crippen LogP contribution in [-0.4, -0.2) is 25.5 Å². The Morgan fingerprint density at radius 1 is 1.39 bits per heavy atom. The van der Waals surface area contributed by atoms with Crippen molar-refractivity contribution in [2.24, 2.45) is 0 Å². The van der Waals surface area contributed by atoms with E-state index in [4.69, 9.17) is 0 Å². The number of halogens is 3. The number of aromatic nitrogens is 4. The number of amides is 1. The van der Waals surface area contributed by atoms with Crippen molar-refractivity contribution in [3.05, 3.63) is 45.8 Å². The van der Waals surface area contributed by atoms with E-state index >= 15 is 0 Å². The number of carbonyl (C=O) groups excluding carboxylic acids is 1. The summed E-state index contributed by atoms with van der Waals surface area (Å²) in [6.07, 6.45) is -3.20. The molecule has 120 valence electrons. The molecule has 0 bridgehead atoms. The van der Waals surface area contributed by atoms with Crippen molar-refractivity contribution in [1.82, 2.24) is 24.9 Å². The highest BCUT2D eigenvalue weighted by Gasteiger charge is 2.31. The minimum atomic E-state index is -4.44. The summed E-state index contributed by atoms with van der Waals surface area (Å²) in [5.41, 5.74) is 1.45. The van der Waals surface area contributed by atoms with Crippen molar-refractivity contribution in [3.8, 4) is 0 Å². The molecule has 23 heavy (non-hydrogen) atoms. The third-order valence-corrected chi connectivity index (χ3v) is 4.09. The third-order valence-electron chi connectivity index (χ3n) is 3.17. The second-order valence-corrected chi connectivity index (χ2v) is 5.56. The van der Waals surface area contributed by atoms with Gasteiger partial charge in [-0.25, -0.2) is 4.98 Å².